The van der Waals surface area contributed by atoms with E-state index in [1.807, 2.05) is 6.07 Å². The van der Waals surface area contributed by atoms with E-state index in [-0.39, 0.29) is 16.9 Å². The third-order valence-corrected chi connectivity index (χ3v) is 5.04. The number of aliphatic hydroxyl groups excluding tert-OH is 1. The van der Waals surface area contributed by atoms with E-state index < -0.39 is 0 Å². The Morgan fingerprint density at radius 3 is 2.35 bits per heavy atom. The Morgan fingerprint density at radius 2 is 1.88 bits per heavy atom. The summed E-state index contributed by atoms with van der Waals surface area (Å²) in [7, 11) is 0. The molecule has 2 nitrogen and oxygen atoms in total. The molecule has 0 saturated heterocycles. The largest absolute Gasteiger partial charge is 0.392 e. The van der Waals surface area contributed by atoms with Gasteiger partial charge < -0.3 is 5.11 Å². The van der Waals surface area contributed by atoms with Gasteiger partial charge in [-0.05, 0) is 35.3 Å². The van der Waals surface area contributed by atoms with Crippen molar-refractivity contribution in [2.24, 2.45) is 16.7 Å². The van der Waals surface area contributed by atoms with Crippen LogP contribution in [0.25, 0.3) is 0 Å². The standard InChI is InChI=1S/C15H23NO/c1-10-7-6-8-16-11(10)9-12(17)13-14(2,3)15(13,4)5/h6-8,12-13,17H,9H2,1-5H3. The molecule has 1 aromatic rings. The van der Waals surface area contributed by atoms with Crippen molar-refractivity contribution in [3.05, 3.63) is 29.6 Å². The lowest BCUT2D eigenvalue weighted by Crippen LogP contribution is -2.18. The molecular formula is C15H23NO. The predicted octanol–water partition coefficient (Wildman–Crippen LogP) is 2.98. The van der Waals surface area contributed by atoms with E-state index in [1.165, 1.54) is 5.56 Å². The zero-order chi connectivity index (χ0) is 12.8. The summed E-state index contributed by atoms with van der Waals surface area (Å²) in [5, 5.41) is 10.4. The van der Waals surface area contributed by atoms with Crippen molar-refractivity contribution < 1.29 is 5.11 Å². The van der Waals surface area contributed by atoms with Crippen LogP contribution in [0.1, 0.15) is 39.0 Å². The second kappa shape index (κ2) is 3.81. The van der Waals surface area contributed by atoms with Gasteiger partial charge in [0.15, 0.2) is 0 Å². The smallest absolute Gasteiger partial charge is 0.0634 e. The molecule has 1 fully saturated rings. The molecule has 1 aromatic heterocycles. The summed E-state index contributed by atoms with van der Waals surface area (Å²) in [5.74, 6) is 0.372. The van der Waals surface area contributed by atoms with Gasteiger partial charge in [-0.25, -0.2) is 0 Å². The van der Waals surface area contributed by atoms with Crippen LogP contribution in [0.2, 0.25) is 0 Å². The molecule has 1 atom stereocenters. The Bertz CT molecular complexity index is 409. The van der Waals surface area contributed by atoms with E-state index in [2.05, 4.69) is 45.7 Å². The molecule has 0 radical (unpaired) electrons. The molecule has 17 heavy (non-hydrogen) atoms. The van der Waals surface area contributed by atoms with E-state index in [0.717, 1.165) is 5.69 Å². The van der Waals surface area contributed by atoms with Crippen molar-refractivity contribution in [1.29, 1.82) is 0 Å². The second-order valence-electron chi connectivity index (χ2n) is 6.46. The van der Waals surface area contributed by atoms with Crippen molar-refractivity contribution in [2.75, 3.05) is 0 Å². The van der Waals surface area contributed by atoms with Crippen LogP contribution in [0.3, 0.4) is 0 Å². The molecule has 1 N–H and O–H groups in total. The van der Waals surface area contributed by atoms with Gasteiger partial charge in [-0.3, -0.25) is 4.98 Å². The quantitative estimate of drug-likeness (QED) is 0.870. The molecule has 2 heteroatoms. The van der Waals surface area contributed by atoms with E-state index in [1.54, 1.807) is 6.20 Å². The average Bonchev–Trinajstić information content (AvgIpc) is 2.61. The van der Waals surface area contributed by atoms with E-state index in [9.17, 15) is 5.11 Å². The van der Waals surface area contributed by atoms with Gasteiger partial charge in [0.05, 0.1) is 6.10 Å². The first-order valence-electron chi connectivity index (χ1n) is 6.37. The molecule has 0 aliphatic heterocycles. The number of hydrogen-bond donors (Lipinski definition) is 1. The molecule has 1 saturated carbocycles. The van der Waals surface area contributed by atoms with Gasteiger partial charge in [-0.1, -0.05) is 33.8 Å². The monoisotopic (exact) mass is 233 g/mol. The van der Waals surface area contributed by atoms with Crippen LogP contribution in [0, 0.1) is 23.7 Å². The minimum atomic E-state index is -0.284. The number of aryl methyl sites for hydroxylation is 1. The Balaban J connectivity index is 2.10. The Hall–Kier alpha value is -0.890. The van der Waals surface area contributed by atoms with Gasteiger partial charge in [0.2, 0.25) is 0 Å². The minimum absolute atomic E-state index is 0.231. The number of rotatable bonds is 3. The first-order chi connectivity index (χ1) is 7.78. The normalized spacial score (nSPS) is 23.4. The van der Waals surface area contributed by atoms with Crippen LogP contribution in [0.15, 0.2) is 18.3 Å². The van der Waals surface area contributed by atoms with Crippen molar-refractivity contribution in [3.63, 3.8) is 0 Å². The van der Waals surface area contributed by atoms with E-state index >= 15 is 0 Å². The summed E-state index contributed by atoms with van der Waals surface area (Å²) in [6, 6.07) is 3.99. The van der Waals surface area contributed by atoms with E-state index in [4.69, 9.17) is 0 Å². The zero-order valence-electron chi connectivity index (χ0n) is 11.5. The number of hydrogen-bond acceptors (Lipinski definition) is 2. The fourth-order valence-corrected chi connectivity index (χ4v) is 3.26. The van der Waals surface area contributed by atoms with Gasteiger partial charge in [0, 0.05) is 18.3 Å². The molecular weight excluding hydrogens is 210 g/mol. The summed E-state index contributed by atoms with van der Waals surface area (Å²) in [4.78, 5) is 4.36. The van der Waals surface area contributed by atoms with Gasteiger partial charge in [0.25, 0.3) is 0 Å². The topological polar surface area (TPSA) is 33.1 Å². The Labute approximate surface area is 104 Å². The molecule has 1 unspecified atom stereocenters. The van der Waals surface area contributed by atoms with Gasteiger partial charge in [0.1, 0.15) is 0 Å². The zero-order valence-corrected chi connectivity index (χ0v) is 11.5. The molecule has 0 aromatic carbocycles. The van der Waals surface area contributed by atoms with Gasteiger partial charge in [-0.2, -0.15) is 0 Å². The van der Waals surface area contributed by atoms with Gasteiger partial charge in [-0.15, -0.1) is 0 Å². The van der Waals surface area contributed by atoms with Crippen molar-refractivity contribution in [3.8, 4) is 0 Å². The van der Waals surface area contributed by atoms with Gasteiger partial charge >= 0.3 is 0 Å². The molecule has 1 aliphatic rings. The summed E-state index contributed by atoms with van der Waals surface area (Å²) >= 11 is 0. The lowest BCUT2D eigenvalue weighted by atomic mass is 10.0. The van der Waals surface area contributed by atoms with Crippen LogP contribution in [-0.4, -0.2) is 16.2 Å². The second-order valence-corrected chi connectivity index (χ2v) is 6.46. The lowest BCUT2D eigenvalue weighted by molar-refractivity contribution is 0.128. The van der Waals surface area contributed by atoms with Crippen LogP contribution in [0.5, 0.6) is 0 Å². The first kappa shape index (κ1) is 12.6. The summed E-state index contributed by atoms with van der Waals surface area (Å²) in [6.45, 7) is 11.0. The SMILES string of the molecule is Cc1cccnc1CC(O)C1C(C)(C)C1(C)C. The highest BCUT2D eigenvalue weighted by Crippen LogP contribution is 2.69. The van der Waals surface area contributed by atoms with Crippen molar-refractivity contribution in [1.82, 2.24) is 4.98 Å². The third kappa shape index (κ3) is 1.89. The molecule has 94 valence electrons. The number of aliphatic hydroxyl groups is 1. The predicted molar refractivity (Wildman–Crippen MR) is 69.7 cm³/mol. The highest BCUT2D eigenvalue weighted by Gasteiger charge is 2.66. The van der Waals surface area contributed by atoms with Crippen LogP contribution in [-0.2, 0) is 6.42 Å². The summed E-state index contributed by atoms with van der Waals surface area (Å²) < 4.78 is 0. The molecule has 1 heterocycles. The molecule has 0 spiro atoms. The number of nitrogens with zero attached hydrogens (tertiary/aromatic N) is 1. The fourth-order valence-electron chi connectivity index (χ4n) is 3.26. The maximum absolute atomic E-state index is 10.4. The Morgan fingerprint density at radius 1 is 1.29 bits per heavy atom. The number of pyridine rings is 1. The average molecular weight is 233 g/mol. The van der Waals surface area contributed by atoms with Crippen molar-refractivity contribution in [2.45, 2.75) is 47.1 Å². The van der Waals surface area contributed by atoms with E-state index in [0.29, 0.717) is 12.3 Å². The minimum Gasteiger partial charge on any atom is -0.392 e. The maximum atomic E-state index is 10.4. The summed E-state index contributed by atoms with van der Waals surface area (Å²) in [5.41, 5.74) is 2.66. The van der Waals surface area contributed by atoms with Crippen LogP contribution < -0.4 is 0 Å². The fraction of sp³-hybridized carbons (Fsp3) is 0.667. The third-order valence-electron chi connectivity index (χ3n) is 5.04. The number of aromatic nitrogens is 1. The molecule has 2 rings (SSSR count). The highest BCUT2D eigenvalue weighted by molar-refractivity contribution is 5.21. The molecule has 1 aliphatic carbocycles. The van der Waals surface area contributed by atoms with Crippen LogP contribution in [0.4, 0.5) is 0 Å². The lowest BCUT2D eigenvalue weighted by Gasteiger charge is -2.13. The first-order valence-corrected chi connectivity index (χ1v) is 6.37. The van der Waals surface area contributed by atoms with Crippen LogP contribution >= 0.6 is 0 Å². The highest BCUT2D eigenvalue weighted by atomic mass is 16.3. The summed E-state index contributed by atoms with van der Waals surface area (Å²) in [6.07, 6.45) is 2.19. The molecule has 0 amide bonds. The molecule has 0 bridgehead atoms. The maximum Gasteiger partial charge on any atom is 0.0634 e. The Kier molecular flexibility index (Phi) is 2.81. The van der Waals surface area contributed by atoms with Crippen molar-refractivity contribution >= 4 is 0 Å².